The molecule has 0 aromatic carbocycles. The molecule has 0 heterocycles. The summed E-state index contributed by atoms with van der Waals surface area (Å²) >= 11 is 0. The first kappa shape index (κ1) is 15.9. The van der Waals surface area contributed by atoms with Gasteiger partial charge in [0.15, 0.2) is 0 Å². The lowest BCUT2D eigenvalue weighted by Gasteiger charge is -2.28. The maximum atomic E-state index is 12.0. The molecule has 4 unspecified atom stereocenters. The SMILES string of the molecule is CC(N/C=C(/C#N)C(=O)NC(C)(C)C)C1CC2CCC1C2. The molecule has 0 aromatic rings. The van der Waals surface area contributed by atoms with Crippen LogP contribution in [0.1, 0.15) is 53.4 Å². The summed E-state index contributed by atoms with van der Waals surface area (Å²) in [6.45, 7) is 7.89. The van der Waals surface area contributed by atoms with Crippen LogP contribution in [-0.2, 0) is 4.79 Å². The first-order valence-corrected chi connectivity index (χ1v) is 7.99. The number of carbonyl (C=O) groups is 1. The first-order chi connectivity index (χ1) is 9.80. The Kier molecular flexibility index (Phi) is 4.61. The van der Waals surface area contributed by atoms with E-state index < -0.39 is 0 Å². The minimum absolute atomic E-state index is 0.153. The summed E-state index contributed by atoms with van der Waals surface area (Å²) in [4.78, 5) is 12.0. The van der Waals surface area contributed by atoms with Gasteiger partial charge in [-0.2, -0.15) is 5.26 Å². The van der Waals surface area contributed by atoms with E-state index in [0.29, 0.717) is 12.0 Å². The number of fused-ring (bicyclic) bond motifs is 2. The van der Waals surface area contributed by atoms with Crippen molar-refractivity contribution < 1.29 is 4.79 Å². The predicted molar refractivity (Wildman–Crippen MR) is 83.1 cm³/mol. The molecule has 4 atom stereocenters. The van der Waals surface area contributed by atoms with E-state index in [1.54, 1.807) is 6.20 Å². The van der Waals surface area contributed by atoms with E-state index in [9.17, 15) is 4.79 Å². The average molecular weight is 289 g/mol. The van der Waals surface area contributed by atoms with Gasteiger partial charge in [-0.1, -0.05) is 6.42 Å². The fourth-order valence-electron chi connectivity index (χ4n) is 3.80. The summed E-state index contributed by atoms with van der Waals surface area (Å²) < 4.78 is 0. The van der Waals surface area contributed by atoms with Crippen molar-refractivity contribution in [3.63, 3.8) is 0 Å². The Morgan fingerprint density at radius 2 is 2.05 bits per heavy atom. The first-order valence-electron chi connectivity index (χ1n) is 7.99. The van der Waals surface area contributed by atoms with Gasteiger partial charge in [-0.3, -0.25) is 4.79 Å². The van der Waals surface area contributed by atoms with E-state index in [2.05, 4.69) is 17.6 Å². The third-order valence-electron chi connectivity index (χ3n) is 4.78. The van der Waals surface area contributed by atoms with Crippen LogP contribution < -0.4 is 10.6 Å². The zero-order valence-electron chi connectivity index (χ0n) is 13.6. The molecule has 0 saturated heterocycles. The van der Waals surface area contributed by atoms with Crippen LogP contribution in [0.15, 0.2) is 11.8 Å². The Hall–Kier alpha value is -1.50. The van der Waals surface area contributed by atoms with Crippen LogP contribution in [-0.4, -0.2) is 17.5 Å². The quantitative estimate of drug-likeness (QED) is 0.618. The molecule has 2 N–H and O–H groups in total. The van der Waals surface area contributed by atoms with Crippen LogP contribution >= 0.6 is 0 Å². The van der Waals surface area contributed by atoms with Crippen molar-refractivity contribution in [3.8, 4) is 6.07 Å². The summed E-state index contributed by atoms with van der Waals surface area (Å²) in [7, 11) is 0. The molecule has 116 valence electrons. The second-order valence-corrected chi connectivity index (χ2v) is 7.67. The highest BCUT2D eigenvalue weighted by Gasteiger charge is 2.41. The van der Waals surface area contributed by atoms with Crippen LogP contribution in [0.3, 0.4) is 0 Å². The fraction of sp³-hybridized carbons (Fsp3) is 0.765. The molecule has 2 aliphatic rings. The van der Waals surface area contributed by atoms with Gasteiger partial charge < -0.3 is 10.6 Å². The number of nitrogens with one attached hydrogen (secondary N) is 2. The number of nitrogens with zero attached hydrogens (tertiary/aromatic N) is 1. The lowest BCUT2D eigenvalue weighted by Crippen LogP contribution is -2.41. The van der Waals surface area contributed by atoms with Crippen LogP contribution in [0.2, 0.25) is 0 Å². The Labute approximate surface area is 128 Å². The Morgan fingerprint density at radius 3 is 2.52 bits per heavy atom. The van der Waals surface area contributed by atoms with Gasteiger partial charge in [0.25, 0.3) is 5.91 Å². The number of nitriles is 1. The van der Waals surface area contributed by atoms with Gasteiger partial charge in [-0.15, -0.1) is 0 Å². The molecule has 2 fully saturated rings. The monoisotopic (exact) mass is 289 g/mol. The minimum atomic E-state index is -0.330. The zero-order chi connectivity index (χ0) is 15.6. The Bertz CT molecular complexity index is 469. The zero-order valence-corrected chi connectivity index (χ0v) is 13.6. The van der Waals surface area contributed by atoms with Gasteiger partial charge in [0.05, 0.1) is 0 Å². The molecule has 0 spiro atoms. The third-order valence-corrected chi connectivity index (χ3v) is 4.78. The van der Waals surface area contributed by atoms with Crippen molar-refractivity contribution in [2.75, 3.05) is 0 Å². The van der Waals surface area contributed by atoms with Crippen molar-refractivity contribution in [1.29, 1.82) is 5.26 Å². The average Bonchev–Trinajstić information content (AvgIpc) is 2.99. The smallest absolute Gasteiger partial charge is 0.263 e. The van der Waals surface area contributed by atoms with E-state index >= 15 is 0 Å². The summed E-state index contributed by atoms with van der Waals surface area (Å²) in [5, 5.41) is 15.3. The van der Waals surface area contributed by atoms with Gasteiger partial charge in [0.1, 0.15) is 11.6 Å². The van der Waals surface area contributed by atoms with Gasteiger partial charge in [-0.25, -0.2) is 0 Å². The van der Waals surface area contributed by atoms with E-state index in [1.165, 1.54) is 25.7 Å². The number of carbonyl (C=O) groups excluding carboxylic acids is 1. The number of rotatable bonds is 4. The molecule has 2 rings (SSSR count). The molecule has 4 nitrogen and oxygen atoms in total. The molecule has 1 amide bonds. The lowest BCUT2D eigenvalue weighted by atomic mass is 9.84. The fourth-order valence-corrected chi connectivity index (χ4v) is 3.80. The molecular weight excluding hydrogens is 262 g/mol. The molecule has 2 aliphatic carbocycles. The van der Waals surface area contributed by atoms with Gasteiger partial charge in [0, 0.05) is 17.8 Å². The Morgan fingerprint density at radius 1 is 1.33 bits per heavy atom. The second kappa shape index (κ2) is 6.09. The van der Waals surface area contributed by atoms with Crippen molar-refractivity contribution in [2.24, 2.45) is 17.8 Å². The summed E-state index contributed by atoms with van der Waals surface area (Å²) in [6.07, 6.45) is 7.00. The van der Waals surface area contributed by atoms with Crippen molar-refractivity contribution in [2.45, 2.75) is 65.0 Å². The van der Waals surface area contributed by atoms with Crippen molar-refractivity contribution in [3.05, 3.63) is 11.8 Å². The van der Waals surface area contributed by atoms with E-state index in [4.69, 9.17) is 5.26 Å². The lowest BCUT2D eigenvalue weighted by molar-refractivity contribution is -0.118. The van der Waals surface area contributed by atoms with Gasteiger partial charge >= 0.3 is 0 Å². The Balaban J connectivity index is 1.92. The summed E-state index contributed by atoms with van der Waals surface area (Å²) in [5.41, 5.74) is -0.177. The van der Waals surface area contributed by atoms with Crippen LogP contribution in [0, 0.1) is 29.1 Å². The molecule has 0 aliphatic heterocycles. The normalized spacial score (nSPS) is 29.9. The minimum Gasteiger partial charge on any atom is -0.387 e. The van der Waals surface area contributed by atoms with Crippen LogP contribution in [0.25, 0.3) is 0 Å². The molecule has 0 radical (unpaired) electrons. The topological polar surface area (TPSA) is 64.9 Å². The predicted octanol–water partition coefficient (Wildman–Crippen LogP) is 2.72. The molecule has 21 heavy (non-hydrogen) atoms. The summed E-state index contributed by atoms with van der Waals surface area (Å²) in [6, 6.07) is 2.32. The highest BCUT2D eigenvalue weighted by atomic mass is 16.1. The van der Waals surface area contributed by atoms with Crippen LogP contribution in [0.4, 0.5) is 0 Å². The van der Waals surface area contributed by atoms with Gasteiger partial charge in [0.2, 0.25) is 0 Å². The highest BCUT2D eigenvalue weighted by molar-refractivity contribution is 5.97. The number of hydrogen-bond donors (Lipinski definition) is 2. The molecular formula is C17H27N3O. The highest BCUT2D eigenvalue weighted by Crippen LogP contribution is 2.49. The second-order valence-electron chi connectivity index (χ2n) is 7.67. The van der Waals surface area contributed by atoms with E-state index in [-0.39, 0.29) is 17.0 Å². The van der Waals surface area contributed by atoms with E-state index in [0.717, 1.165) is 11.8 Å². The van der Waals surface area contributed by atoms with Crippen molar-refractivity contribution >= 4 is 5.91 Å². The number of hydrogen-bond acceptors (Lipinski definition) is 3. The standard InChI is InChI=1S/C17H27N3O/c1-11(15-8-12-5-6-13(15)7-12)19-10-14(9-18)16(21)20-17(2,3)4/h10-13,15,19H,5-8H2,1-4H3,(H,20,21)/b14-10-. The van der Waals surface area contributed by atoms with Crippen molar-refractivity contribution in [1.82, 2.24) is 10.6 Å². The number of amides is 1. The molecule has 4 heteroatoms. The molecule has 2 bridgehead atoms. The molecule has 0 aromatic heterocycles. The third kappa shape index (κ3) is 4.00. The summed E-state index contributed by atoms with van der Waals surface area (Å²) in [5.74, 6) is 2.12. The van der Waals surface area contributed by atoms with Gasteiger partial charge in [-0.05, 0) is 64.7 Å². The molecule has 2 saturated carbocycles. The largest absolute Gasteiger partial charge is 0.387 e. The van der Waals surface area contributed by atoms with Crippen LogP contribution in [0.5, 0.6) is 0 Å². The van der Waals surface area contributed by atoms with E-state index in [1.807, 2.05) is 26.8 Å². The maximum Gasteiger partial charge on any atom is 0.263 e. The maximum absolute atomic E-state index is 12.0.